The van der Waals surface area contributed by atoms with Gasteiger partial charge in [-0.15, -0.1) is 0 Å². The number of alkyl halides is 3. The number of amides is 8. The van der Waals surface area contributed by atoms with Crippen LogP contribution in [0.4, 0.5) is 55.1 Å². The van der Waals surface area contributed by atoms with Gasteiger partial charge in [0.25, 0.3) is 0 Å². The summed E-state index contributed by atoms with van der Waals surface area (Å²) >= 11 is 24.6. The van der Waals surface area contributed by atoms with Crippen molar-refractivity contribution in [2.45, 2.75) is 220 Å². The molecule has 4 aromatic heterocycles. The van der Waals surface area contributed by atoms with Crippen LogP contribution in [0.3, 0.4) is 0 Å². The van der Waals surface area contributed by atoms with Crippen LogP contribution < -0.4 is 63.8 Å². The highest BCUT2D eigenvalue weighted by molar-refractivity contribution is 7.93. The van der Waals surface area contributed by atoms with Crippen molar-refractivity contribution in [2.24, 2.45) is 0 Å². The van der Waals surface area contributed by atoms with Gasteiger partial charge in [-0.2, -0.15) is 13.2 Å². The van der Waals surface area contributed by atoms with E-state index in [2.05, 4.69) is 63.8 Å². The van der Waals surface area contributed by atoms with Crippen molar-refractivity contribution in [1.82, 2.24) is 42.5 Å². The smallest absolute Gasteiger partial charge is 0.449 e. The van der Waals surface area contributed by atoms with Crippen LogP contribution in [0, 0.1) is 20.8 Å². The van der Waals surface area contributed by atoms with Crippen molar-refractivity contribution in [3.8, 4) is 23.0 Å². The van der Waals surface area contributed by atoms with Gasteiger partial charge in [0, 0.05) is 26.2 Å². The van der Waals surface area contributed by atoms with Crippen molar-refractivity contribution >= 4 is 133 Å². The van der Waals surface area contributed by atoms with Gasteiger partial charge in [-0.05, 0) is 270 Å². The second kappa shape index (κ2) is 40.5. The number of fused-ring (bicyclic) bond motifs is 4. The summed E-state index contributed by atoms with van der Waals surface area (Å²) in [6.07, 6.45) is 8.95. The number of carbonyl (C=O) groups is 4. The minimum absolute atomic E-state index is 0.0177. The molecular weight excluding hydrogens is 1820 g/mol. The normalized spacial score (nSPS) is 21.3. The lowest BCUT2D eigenvalue weighted by Crippen LogP contribution is -2.39. The first-order valence-electron chi connectivity index (χ1n) is 41.9. The van der Waals surface area contributed by atoms with Crippen molar-refractivity contribution < 1.29 is 104 Å². The molecule has 0 spiro atoms. The van der Waals surface area contributed by atoms with Gasteiger partial charge in [-0.3, -0.25) is 0 Å². The molecule has 8 heterocycles. The van der Waals surface area contributed by atoms with Crippen LogP contribution in [0.25, 0.3) is 0 Å². The van der Waals surface area contributed by atoms with Gasteiger partial charge in [0.2, 0.25) is 5.76 Å². The number of carbonyl (C=O) groups excluding carboxylic acids is 4. The van der Waals surface area contributed by atoms with Crippen LogP contribution in [-0.4, -0.2) is 152 Å². The Kier molecular flexibility index (Phi) is 30.4. The van der Waals surface area contributed by atoms with E-state index in [1.165, 1.54) is 48.5 Å². The summed E-state index contributed by atoms with van der Waals surface area (Å²) in [5.41, 5.74) is 3.36. The highest BCUT2D eigenvalue weighted by atomic mass is 35.5. The Labute approximate surface area is 752 Å². The Balaban J connectivity index is 0.000000145. The van der Waals surface area contributed by atoms with E-state index in [-0.39, 0.29) is 88.0 Å². The number of nitrogens with one attached hydrogen (secondary N) is 12. The number of aryl methyl sites for hydroxylation is 7. The van der Waals surface area contributed by atoms with Crippen LogP contribution in [0.15, 0.2) is 110 Å². The number of aromatic hydroxyl groups is 4. The predicted molar refractivity (Wildman–Crippen MR) is 470 cm³/mol. The second-order valence-electron chi connectivity index (χ2n) is 32.6. The Morgan fingerprint density at radius 1 is 0.354 bits per heavy atom. The fourth-order valence-electron chi connectivity index (χ4n) is 17.3. The van der Waals surface area contributed by atoms with E-state index < -0.39 is 130 Å². The Morgan fingerprint density at radius 3 is 0.803 bits per heavy atom. The lowest BCUT2D eigenvalue weighted by atomic mass is 9.94. The van der Waals surface area contributed by atoms with Crippen molar-refractivity contribution in [1.29, 1.82) is 0 Å². The van der Waals surface area contributed by atoms with Gasteiger partial charge in [0.05, 0.1) is 88.0 Å². The molecule has 8 amide bonds. The molecule has 0 saturated carbocycles. The van der Waals surface area contributed by atoms with Crippen molar-refractivity contribution in [3.05, 3.63) is 161 Å². The molecule has 4 fully saturated rings. The van der Waals surface area contributed by atoms with Crippen LogP contribution in [0.2, 0.25) is 20.1 Å². The van der Waals surface area contributed by atoms with Crippen molar-refractivity contribution in [3.63, 3.8) is 0 Å². The maximum absolute atomic E-state index is 13.1. The summed E-state index contributed by atoms with van der Waals surface area (Å²) in [5, 5.41) is 72.9. The summed E-state index contributed by atoms with van der Waals surface area (Å²) in [5.74, 6) is 1.16. The van der Waals surface area contributed by atoms with Gasteiger partial charge in [-0.25, -0.2) is 52.8 Å². The standard InChI is InChI=1S/C21H23ClF3N3O5S.3C21H26ClN3O5S/c22-13-6-7-14(17(29)19(13)34(31,32)12-4-2-8-26-10-12)27-20(30)28-15-5-1-3-11-9-16(21(23,24)25)33-18(11)15;3*1-12-10-13-4-2-6-17(19(13)30-12)25-21(27)24-16-8-7-15(22)20(18(16)26)31(28,29)14-5-3-9-23-11-14/h6-7,9,12,15,26,29H,1-5,8,10H2,(H2,27,28,30);3*7-8,10,14,17,23,26H,2-6,9,11H2,1H3,(H2,24,25,27)/t12-,15-;2*14-,17+;14-,17-/m0000/s1. The third kappa shape index (κ3) is 22.0. The molecule has 16 N–H and O–H groups in total. The lowest BCUT2D eigenvalue weighted by Gasteiger charge is -2.24. The average molecular weight is 1930 g/mol. The molecule has 32 nitrogen and oxygen atoms in total. The molecule has 4 aromatic carbocycles. The number of furan rings is 4. The molecule has 8 aliphatic rings. The fraction of sp³-hybridized carbons (Fsp3) is 0.476. The molecule has 8 aromatic rings. The second-order valence-corrected chi connectivity index (χ2v) is 42.8. The maximum atomic E-state index is 13.1. The van der Waals surface area contributed by atoms with Gasteiger partial charge >= 0.3 is 30.3 Å². The largest absolute Gasteiger partial charge is 0.504 e. The number of phenolic OH excluding ortho intramolecular Hbond substituents is 4. The van der Waals surface area contributed by atoms with E-state index in [4.69, 9.17) is 64.1 Å². The third-order valence-corrected chi connectivity index (χ3v) is 34.2. The molecule has 4 aliphatic carbocycles. The average Bonchev–Trinajstić information content (AvgIpc) is 1.51. The summed E-state index contributed by atoms with van der Waals surface area (Å²) in [6.45, 7) is 9.65. The summed E-state index contributed by atoms with van der Waals surface area (Å²) < 4.78 is 166. The van der Waals surface area contributed by atoms with Gasteiger partial charge in [0.15, 0.2) is 62.3 Å². The number of phenols is 4. The summed E-state index contributed by atoms with van der Waals surface area (Å²) in [6, 6.07) is 13.4. The van der Waals surface area contributed by atoms with Crippen LogP contribution in [0.5, 0.6) is 23.0 Å². The molecule has 4 saturated heterocycles. The van der Waals surface area contributed by atoms with E-state index in [0.717, 1.165) is 154 Å². The van der Waals surface area contributed by atoms with E-state index in [1.807, 2.05) is 39.0 Å². The molecular formula is C84H101Cl4F3N12O20S4. The molecule has 127 heavy (non-hydrogen) atoms. The molecule has 43 heteroatoms. The quantitative estimate of drug-likeness (QED) is 0.0400. The number of urea groups is 4. The SMILES string of the molecule is Cc1cc2c(o1)[C@@H](NC(=O)Nc1ccc(Cl)c(S(=O)(=O)[C@H]3CCCNC3)c1O)CCC2.Cc1cc2c(o1)[C@H](NC(=O)Nc1ccc(Cl)c(S(=O)(=O)[C@H]3CCCNC3)c1O)CCC2.Cc1cc2c(o1)[C@H](NC(=O)Nc1ccc(Cl)c(S(=O)(=O)[C@H]3CCCNC3)c1O)CCC2.O=C(Nc1ccc(Cl)c(S(=O)(=O)[C@H]2CCCNC2)c1O)N[C@H]1CCCc2cc(C(F)(F)F)oc21. The minimum atomic E-state index is -4.64. The van der Waals surface area contributed by atoms with E-state index >= 15 is 0 Å². The molecule has 8 atom stereocenters. The first-order chi connectivity index (χ1) is 60.3. The molecule has 690 valence electrons. The van der Waals surface area contributed by atoms with Gasteiger partial charge in [-0.1, -0.05) is 46.4 Å². The zero-order valence-corrected chi connectivity index (χ0v) is 75.7. The number of anilines is 4. The monoisotopic (exact) mass is 1920 g/mol. The Hall–Kier alpha value is -9.13. The molecule has 0 radical (unpaired) electrons. The van der Waals surface area contributed by atoms with Crippen LogP contribution in [-0.2, 0) is 71.2 Å². The summed E-state index contributed by atoms with van der Waals surface area (Å²) in [7, 11) is -15.6. The topological polar surface area (TPSA) is 483 Å². The number of piperidine rings is 4. The number of benzene rings is 4. The third-order valence-electron chi connectivity index (χ3n) is 23.5. The number of hydrogen-bond donors (Lipinski definition) is 16. The Morgan fingerprint density at radius 2 is 0.583 bits per heavy atom. The van der Waals surface area contributed by atoms with E-state index in [1.54, 1.807) is 0 Å². The highest BCUT2D eigenvalue weighted by Gasteiger charge is 2.43. The fourth-order valence-corrected chi connectivity index (χ4v) is 26.7. The predicted octanol–water partition coefficient (Wildman–Crippen LogP) is 15.4. The zero-order chi connectivity index (χ0) is 91.2. The number of sulfone groups is 4. The number of hydrogen-bond acceptors (Lipinski definition) is 24. The van der Waals surface area contributed by atoms with Crippen molar-refractivity contribution in [2.75, 3.05) is 73.6 Å². The first-order valence-corrected chi connectivity index (χ1v) is 49.6. The Bertz CT molecular complexity index is 5480. The van der Waals surface area contributed by atoms with Gasteiger partial charge in [0.1, 0.15) is 59.9 Å². The van der Waals surface area contributed by atoms with Gasteiger partial charge < -0.3 is 102 Å². The first kappa shape index (κ1) is 95.5. The maximum Gasteiger partial charge on any atom is 0.449 e. The molecule has 16 rings (SSSR count). The number of halogens is 7. The molecule has 0 bridgehead atoms. The van der Waals surface area contributed by atoms with Crippen LogP contribution in [0.1, 0.15) is 195 Å². The lowest BCUT2D eigenvalue weighted by molar-refractivity contribution is -0.153. The number of rotatable bonds is 16. The summed E-state index contributed by atoms with van der Waals surface area (Å²) in [4.78, 5) is 49.0. The highest BCUT2D eigenvalue weighted by Crippen LogP contribution is 2.47. The van der Waals surface area contributed by atoms with E-state index in [0.29, 0.717) is 83.1 Å². The molecule has 0 unspecified atom stereocenters. The molecule has 4 aliphatic heterocycles. The zero-order valence-electron chi connectivity index (χ0n) is 69.4. The van der Waals surface area contributed by atoms with Crippen LogP contribution >= 0.6 is 46.4 Å². The minimum Gasteiger partial charge on any atom is -0.504 e. The van der Waals surface area contributed by atoms with E-state index in [9.17, 15) is 86.4 Å².